The topological polar surface area (TPSA) is 58.2 Å². The van der Waals surface area contributed by atoms with Crippen molar-refractivity contribution >= 4 is 10.0 Å². The van der Waals surface area contributed by atoms with E-state index in [1.54, 1.807) is 18.2 Å². The van der Waals surface area contributed by atoms with Gasteiger partial charge in [-0.1, -0.05) is 25.5 Å². The summed E-state index contributed by atoms with van der Waals surface area (Å²) in [5.74, 6) is 0. The highest BCUT2D eigenvalue weighted by atomic mass is 32.2. The summed E-state index contributed by atoms with van der Waals surface area (Å²) in [5, 5.41) is 3.11. The number of benzene rings is 1. The van der Waals surface area contributed by atoms with Gasteiger partial charge < -0.3 is 5.32 Å². The minimum Gasteiger partial charge on any atom is -0.313 e. The lowest BCUT2D eigenvalue weighted by Crippen LogP contribution is -2.32. The lowest BCUT2D eigenvalue weighted by Gasteiger charge is -2.15. The first-order valence-corrected chi connectivity index (χ1v) is 8.18. The van der Waals surface area contributed by atoms with Crippen LogP contribution in [-0.4, -0.2) is 21.5 Å². The van der Waals surface area contributed by atoms with Crippen LogP contribution in [0.15, 0.2) is 29.2 Å². The van der Waals surface area contributed by atoms with E-state index in [-0.39, 0.29) is 12.1 Å². The van der Waals surface area contributed by atoms with E-state index in [2.05, 4.69) is 10.0 Å². The van der Waals surface area contributed by atoms with E-state index in [4.69, 9.17) is 0 Å². The zero-order valence-electron chi connectivity index (χ0n) is 12.1. The monoisotopic (exact) mass is 284 g/mol. The summed E-state index contributed by atoms with van der Waals surface area (Å²) in [4.78, 5) is 0.329. The van der Waals surface area contributed by atoms with Crippen LogP contribution in [0.1, 0.15) is 45.2 Å². The third kappa shape index (κ3) is 4.60. The Hall–Kier alpha value is -0.910. The van der Waals surface area contributed by atoms with E-state index < -0.39 is 10.0 Å². The second-order valence-corrected chi connectivity index (χ2v) is 6.61. The summed E-state index contributed by atoms with van der Waals surface area (Å²) in [7, 11) is -1.57. The third-order valence-electron chi connectivity index (χ3n) is 3.18. The van der Waals surface area contributed by atoms with Crippen LogP contribution in [0.25, 0.3) is 0 Å². The van der Waals surface area contributed by atoms with Crippen molar-refractivity contribution in [2.45, 2.75) is 50.6 Å². The number of sulfonamides is 1. The van der Waals surface area contributed by atoms with Gasteiger partial charge in [0.2, 0.25) is 10.0 Å². The van der Waals surface area contributed by atoms with E-state index in [1.165, 1.54) is 0 Å². The summed E-state index contributed by atoms with van der Waals surface area (Å²) in [6.45, 7) is 5.93. The van der Waals surface area contributed by atoms with Gasteiger partial charge in [0.1, 0.15) is 0 Å². The molecule has 0 heterocycles. The molecule has 1 rings (SSSR count). The molecular weight excluding hydrogens is 260 g/mol. The van der Waals surface area contributed by atoms with Crippen LogP contribution >= 0.6 is 0 Å². The SMILES string of the molecule is CCCC(C)NS(=O)(=O)c1cccc(C(C)NC)c1. The van der Waals surface area contributed by atoms with Crippen molar-refractivity contribution in [1.29, 1.82) is 0 Å². The average Bonchev–Trinajstić information content (AvgIpc) is 2.37. The third-order valence-corrected chi connectivity index (χ3v) is 4.77. The van der Waals surface area contributed by atoms with E-state index >= 15 is 0 Å². The van der Waals surface area contributed by atoms with Gasteiger partial charge in [-0.3, -0.25) is 0 Å². The van der Waals surface area contributed by atoms with Crippen molar-refractivity contribution in [3.05, 3.63) is 29.8 Å². The Labute approximate surface area is 116 Å². The van der Waals surface area contributed by atoms with E-state index in [1.807, 2.05) is 33.9 Å². The number of hydrogen-bond acceptors (Lipinski definition) is 3. The maximum atomic E-state index is 12.2. The van der Waals surface area contributed by atoms with E-state index in [0.29, 0.717) is 4.90 Å². The maximum Gasteiger partial charge on any atom is 0.240 e. The zero-order valence-corrected chi connectivity index (χ0v) is 12.9. The first kappa shape index (κ1) is 16.1. The molecule has 1 aromatic rings. The van der Waals surface area contributed by atoms with Crippen molar-refractivity contribution in [2.75, 3.05) is 7.05 Å². The molecule has 0 fully saturated rings. The first-order chi connectivity index (χ1) is 8.90. The molecule has 1 aromatic carbocycles. The van der Waals surface area contributed by atoms with Gasteiger partial charge in [-0.05, 0) is 45.0 Å². The van der Waals surface area contributed by atoms with Crippen molar-refractivity contribution in [3.63, 3.8) is 0 Å². The normalized spacial score (nSPS) is 15.2. The highest BCUT2D eigenvalue weighted by Gasteiger charge is 2.17. The molecule has 5 heteroatoms. The summed E-state index contributed by atoms with van der Waals surface area (Å²) >= 11 is 0. The van der Waals surface area contributed by atoms with Crippen molar-refractivity contribution in [1.82, 2.24) is 10.0 Å². The molecule has 0 aliphatic heterocycles. The standard InChI is InChI=1S/C14H24N2O2S/c1-5-7-11(2)16-19(17,18)14-9-6-8-13(10-14)12(3)15-4/h6,8-12,15-16H,5,7H2,1-4H3. The molecule has 0 spiro atoms. The van der Waals surface area contributed by atoms with E-state index in [9.17, 15) is 8.42 Å². The molecule has 0 radical (unpaired) electrons. The molecule has 0 saturated heterocycles. The first-order valence-electron chi connectivity index (χ1n) is 6.70. The van der Waals surface area contributed by atoms with Gasteiger partial charge in [0, 0.05) is 12.1 Å². The Morgan fingerprint density at radius 1 is 1.26 bits per heavy atom. The molecule has 2 unspecified atom stereocenters. The molecule has 2 N–H and O–H groups in total. The van der Waals surface area contributed by atoms with Crippen LogP contribution in [-0.2, 0) is 10.0 Å². The molecule has 0 aromatic heterocycles. The smallest absolute Gasteiger partial charge is 0.240 e. The van der Waals surface area contributed by atoms with Gasteiger partial charge in [0.05, 0.1) is 4.90 Å². The average molecular weight is 284 g/mol. The number of rotatable bonds is 7. The lowest BCUT2D eigenvalue weighted by atomic mass is 10.1. The van der Waals surface area contributed by atoms with Gasteiger partial charge in [-0.25, -0.2) is 13.1 Å². The molecule has 0 bridgehead atoms. The minimum atomic E-state index is -3.42. The van der Waals surface area contributed by atoms with Gasteiger partial charge in [0.25, 0.3) is 0 Å². The lowest BCUT2D eigenvalue weighted by molar-refractivity contribution is 0.543. The Kier molecular flexibility index (Phi) is 5.97. The molecular formula is C14H24N2O2S. The van der Waals surface area contributed by atoms with Crippen LogP contribution in [0, 0.1) is 0 Å². The van der Waals surface area contributed by atoms with Gasteiger partial charge in [-0.15, -0.1) is 0 Å². The van der Waals surface area contributed by atoms with Crippen molar-refractivity contribution < 1.29 is 8.42 Å². The Morgan fingerprint density at radius 3 is 2.53 bits per heavy atom. The molecule has 0 aliphatic carbocycles. The number of hydrogen-bond donors (Lipinski definition) is 2. The Morgan fingerprint density at radius 2 is 1.95 bits per heavy atom. The van der Waals surface area contributed by atoms with Gasteiger partial charge in [0.15, 0.2) is 0 Å². The van der Waals surface area contributed by atoms with Crippen molar-refractivity contribution in [3.8, 4) is 0 Å². The van der Waals surface area contributed by atoms with Crippen LogP contribution in [0.4, 0.5) is 0 Å². The van der Waals surface area contributed by atoms with Crippen LogP contribution in [0.2, 0.25) is 0 Å². The predicted molar refractivity (Wildman–Crippen MR) is 78.6 cm³/mol. The molecule has 2 atom stereocenters. The second-order valence-electron chi connectivity index (χ2n) is 4.89. The van der Waals surface area contributed by atoms with Gasteiger partial charge in [-0.2, -0.15) is 0 Å². The maximum absolute atomic E-state index is 12.2. The fourth-order valence-corrected chi connectivity index (χ4v) is 3.28. The van der Waals surface area contributed by atoms with Crippen LogP contribution in [0.5, 0.6) is 0 Å². The predicted octanol–water partition coefficient (Wildman–Crippen LogP) is 2.43. The quantitative estimate of drug-likeness (QED) is 0.808. The molecule has 19 heavy (non-hydrogen) atoms. The Bertz CT molecular complexity index is 500. The fraction of sp³-hybridized carbons (Fsp3) is 0.571. The summed E-state index contributed by atoms with van der Waals surface area (Å²) in [6.07, 6.45) is 1.80. The summed E-state index contributed by atoms with van der Waals surface area (Å²) in [5.41, 5.74) is 0.966. The molecule has 0 saturated carbocycles. The Balaban J connectivity index is 2.95. The summed E-state index contributed by atoms with van der Waals surface area (Å²) in [6, 6.07) is 7.15. The highest BCUT2D eigenvalue weighted by Crippen LogP contribution is 2.17. The highest BCUT2D eigenvalue weighted by molar-refractivity contribution is 7.89. The fourth-order valence-electron chi connectivity index (χ4n) is 1.94. The van der Waals surface area contributed by atoms with Crippen molar-refractivity contribution in [2.24, 2.45) is 0 Å². The largest absolute Gasteiger partial charge is 0.313 e. The van der Waals surface area contributed by atoms with Crippen LogP contribution < -0.4 is 10.0 Å². The summed E-state index contributed by atoms with van der Waals surface area (Å²) < 4.78 is 27.2. The molecule has 4 nitrogen and oxygen atoms in total. The van der Waals surface area contributed by atoms with Gasteiger partial charge >= 0.3 is 0 Å². The molecule has 0 aliphatic rings. The number of nitrogens with one attached hydrogen (secondary N) is 2. The molecule has 0 amide bonds. The zero-order chi connectivity index (χ0) is 14.5. The second kappa shape index (κ2) is 7.03. The van der Waals surface area contributed by atoms with E-state index in [0.717, 1.165) is 18.4 Å². The van der Waals surface area contributed by atoms with Crippen LogP contribution in [0.3, 0.4) is 0 Å². The minimum absolute atomic E-state index is 0.0413. The molecule has 108 valence electrons.